The Morgan fingerprint density at radius 2 is 1.75 bits per heavy atom. The van der Waals surface area contributed by atoms with E-state index in [0.29, 0.717) is 10.7 Å². The molecule has 4 nitrogen and oxygen atoms in total. The molecule has 0 aromatic heterocycles. The lowest BCUT2D eigenvalue weighted by atomic mass is 10.2. The fourth-order valence-electron chi connectivity index (χ4n) is 1.41. The van der Waals surface area contributed by atoms with Gasteiger partial charge in [-0.05, 0) is 42.0 Å². The van der Waals surface area contributed by atoms with Crippen LogP contribution in [-0.4, -0.2) is 12.2 Å². The molecule has 0 saturated carbocycles. The summed E-state index contributed by atoms with van der Waals surface area (Å²) in [5, 5.41) is 7.11. The smallest absolute Gasteiger partial charge is 0.307 e. The number of urea groups is 1. The van der Waals surface area contributed by atoms with Gasteiger partial charge in [0.25, 0.3) is 0 Å². The molecule has 2 rings (SSSR count). The number of carbonyl (C=O) groups excluding carboxylic acids is 1. The topological polar surface area (TPSA) is 53.5 Å². The average Bonchev–Trinajstić information content (AvgIpc) is 2.44. The van der Waals surface area contributed by atoms with Crippen LogP contribution < -0.4 is 10.7 Å². The molecule has 0 aliphatic heterocycles. The number of rotatable bonds is 3. The summed E-state index contributed by atoms with van der Waals surface area (Å²) < 4.78 is 0.989. The van der Waals surface area contributed by atoms with Gasteiger partial charge in [-0.1, -0.05) is 39.7 Å². The molecule has 102 valence electrons. The summed E-state index contributed by atoms with van der Waals surface area (Å²) in [7, 11) is 0. The minimum absolute atomic E-state index is 0.416. The van der Waals surface area contributed by atoms with Crippen molar-refractivity contribution >= 4 is 45.5 Å². The number of nitrogens with zero attached hydrogens (tertiary/aromatic N) is 1. The van der Waals surface area contributed by atoms with Crippen molar-refractivity contribution < 1.29 is 4.79 Å². The molecule has 0 saturated heterocycles. The Hall–Kier alpha value is -1.85. The van der Waals surface area contributed by atoms with E-state index in [9.17, 15) is 4.79 Å². The third-order valence-corrected chi connectivity index (χ3v) is 3.13. The molecule has 2 N–H and O–H groups in total. The standard InChI is InChI=1S/C14H11BrClN3O/c15-11-3-1-10(2-4-11)9-17-19-14(20)18-13-7-5-12(16)6-8-13/h1-9H,(H2,18,19,20)/b17-9-. The number of amides is 2. The van der Waals surface area contributed by atoms with E-state index in [4.69, 9.17) is 11.6 Å². The zero-order chi connectivity index (χ0) is 14.4. The predicted octanol–water partition coefficient (Wildman–Crippen LogP) is 4.26. The molecule has 6 heteroatoms. The van der Waals surface area contributed by atoms with E-state index >= 15 is 0 Å². The van der Waals surface area contributed by atoms with E-state index in [0.717, 1.165) is 10.0 Å². The van der Waals surface area contributed by atoms with Crippen molar-refractivity contribution in [2.24, 2.45) is 5.10 Å². The van der Waals surface area contributed by atoms with E-state index < -0.39 is 6.03 Å². The summed E-state index contributed by atoms with van der Waals surface area (Å²) in [5.74, 6) is 0. The van der Waals surface area contributed by atoms with E-state index in [1.54, 1.807) is 30.5 Å². The molecule has 0 aliphatic carbocycles. The number of carbonyl (C=O) groups is 1. The Morgan fingerprint density at radius 1 is 1.10 bits per heavy atom. The molecule has 0 spiro atoms. The van der Waals surface area contributed by atoms with Crippen LogP contribution >= 0.6 is 27.5 Å². The van der Waals surface area contributed by atoms with E-state index in [1.807, 2.05) is 24.3 Å². The van der Waals surface area contributed by atoms with Crippen LogP contribution in [0.4, 0.5) is 10.5 Å². The van der Waals surface area contributed by atoms with Crippen LogP contribution in [0.2, 0.25) is 5.02 Å². The SMILES string of the molecule is O=C(N/N=C\c1ccc(Br)cc1)Nc1ccc(Cl)cc1. The first-order valence-electron chi connectivity index (χ1n) is 5.75. The average molecular weight is 353 g/mol. The third kappa shape index (κ3) is 4.68. The molecule has 0 unspecified atom stereocenters. The highest BCUT2D eigenvalue weighted by Gasteiger charge is 1.99. The van der Waals surface area contributed by atoms with Crippen LogP contribution in [0.1, 0.15) is 5.56 Å². The van der Waals surface area contributed by atoms with Crippen molar-refractivity contribution in [2.45, 2.75) is 0 Å². The fourth-order valence-corrected chi connectivity index (χ4v) is 1.80. The van der Waals surface area contributed by atoms with Gasteiger partial charge in [-0.25, -0.2) is 10.2 Å². The molecule has 0 aliphatic rings. The van der Waals surface area contributed by atoms with Crippen molar-refractivity contribution in [3.63, 3.8) is 0 Å². The molecule has 20 heavy (non-hydrogen) atoms. The molecule has 0 bridgehead atoms. The van der Waals surface area contributed by atoms with E-state index in [2.05, 4.69) is 31.8 Å². The van der Waals surface area contributed by atoms with Crippen molar-refractivity contribution in [1.29, 1.82) is 0 Å². The third-order valence-electron chi connectivity index (χ3n) is 2.35. The molecular formula is C14H11BrClN3O. The highest BCUT2D eigenvalue weighted by molar-refractivity contribution is 9.10. The Bertz CT molecular complexity index is 611. The van der Waals surface area contributed by atoms with Crippen LogP contribution in [0.15, 0.2) is 58.1 Å². The van der Waals surface area contributed by atoms with Gasteiger partial charge in [-0.2, -0.15) is 5.10 Å². The Kier molecular flexibility index (Phi) is 5.15. The number of halogens is 2. The summed E-state index contributed by atoms with van der Waals surface area (Å²) in [6.45, 7) is 0. The minimum Gasteiger partial charge on any atom is -0.307 e. The predicted molar refractivity (Wildman–Crippen MR) is 85.3 cm³/mol. The number of hydrogen-bond acceptors (Lipinski definition) is 2. The van der Waals surface area contributed by atoms with Crippen LogP contribution in [0, 0.1) is 0 Å². The van der Waals surface area contributed by atoms with Gasteiger partial charge in [0.2, 0.25) is 0 Å². The molecule has 0 atom stereocenters. The van der Waals surface area contributed by atoms with Gasteiger partial charge in [0, 0.05) is 15.2 Å². The molecule has 2 aromatic rings. The van der Waals surface area contributed by atoms with Gasteiger partial charge in [0.15, 0.2) is 0 Å². The number of anilines is 1. The Labute approximate surface area is 130 Å². The maximum atomic E-state index is 11.6. The second-order valence-electron chi connectivity index (χ2n) is 3.88. The van der Waals surface area contributed by atoms with Crippen molar-refractivity contribution in [1.82, 2.24) is 5.43 Å². The first-order valence-corrected chi connectivity index (χ1v) is 6.92. The molecule has 0 heterocycles. The summed E-state index contributed by atoms with van der Waals surface area (Å²) in [6.07, 6.45) is 1.56. The lowest BCUT2D eigenvalue weighted by Crippen LogP contribution is -2.24. The van der Waals surface area contributed by atoms with Gasteiger partial charge in [0.05, 0.1) is 6.21 Å². The summed E-state index contributed by atoms with van der Waals surface area (Å²) in [6, 6.07) is 14.0. The van der Waals surface area contributed by atoms with Gasteiger partial charge in [0.1, 0.15) is 0 Å². The molecule has 0 radical (unpaired) electrons. The van der Waals surface area contributed by atoms with E-state index in [-0.39, 0.29) is 0 Å². The van der Waals surface area contributed by atoms with Crippen LogP contribution in [-0.2, 0) is 0 Å². The zero-order valence-corrected chi connectivity index (χ0v) is 12.6. The van der Waals surface area contributed by atoms with Crippen LogP contribution in [0.3, 0.4) is 0 Å². The number of hydrogen-bond donors (Lipinski definition) is 2. The Morgan fingerprint density at radius 3 is 2.40 bits per heavy atom. The highest BCUT2D eigenvalue weighted by atomic mass is 79.9. The lowest BCUT2D eigenvalue weighted by molar-refractivity contribution is 0.252. The first-order chi connectivity index (χ1) is 9.63. The number of benzene rings is 2. The first kappa shape index (κ1) is 14.6. The monoisotopic (exact) mass is 351 g/mol. The van der Waals surface area contributed by atoms with E-state index in [1.165, 1.54) is 0 Å². The zero-order valence-electron chi connectivity index (χ0n) is 10.3. The van der Waals surface area contributed by atoms with Gasteiger partial charge >= 0.3 is 6.03 Å². The van der Waals surface area contributed by atoms with Crippen molar-refractivity contribution in [3.05, 3.63) is 63.6 Å². The largest absolute Gasteiger partial charge is 0.339 e. The molecule has 2 aromatic carbocycles. The second-order valence-corrected chi connectivity index (χ2v) is 5.23. The maximum Gasteiger partial charge on any atom is 0.339 e. The van der Waals surface area contributed by atoms with Crippen molar-refractivity contribution in [2.75, 3.05) is 5.32 Å². The van der Waals surface area contributed by atoms with Gasteiger partial charge in [-0.15, -0.1) is 0 Å². The second kappa shape index (κ2) is 7.07. The summed E-state index contributed by atoms with van der Waals surface area (Å²) in [5.41, 5.74) is 3.92. The normalized spacial score (nSPS) is 10.5. The molecule has 0 fully saturated rings. The minimum atomic E-state index is -0.416. The molecular weight excluding hydrogens is 342 g/mol. The Balaban J connectivity index is 1.85. The fraction of sp³-hybridized carbons (Fsp3) is 0. The summed E-state index contributed by atoms with van der Waals surface area (Å²) in [4.78, 5) is 11.6. The van der Waals surface area contributed by atoms with Gasteiger partial charge < -0.3 is 5.32 Å². The quantitative estimate of drug-likeness (QED) is 0.629. The summed E-state index contributed by atoms with van der Waals surface area (Å²) >= 11 is 9.10. The maximum absolute atomic E-state index is 11.6. The highest BCUT2D eigenvalue weighted by Crippen LogP contribution is 2.13. The van der Waals surface area contributed by atoms with Crippen LogP contribution in [0.5, 0.6) is 0 Å². The molecule has 2 amide bonds. The lowest BCUT2D eigenvalue weighted by Gasteiger charge is -2.03. The van der Waals surface area contributed by atoms with Crippen LogP contribution in [0.25, 0.3) is 0 Å². The van der Waals surface area contributed by atoms with Crippen molar-refractivity contribution in [3.8, 4) is 0 Å². The number of nitrogens with one attached hydrogen (secondary N) is 2. The number of hydrazone groups is 1. The van der Waals surface area contributed by atoms with Gasteiger partial charge in [-0.3, -0.25) is 0 Å².